The largest absolute Gasteiger partial charge is 0.416 e. The fourth-order valence-electron chi connectivity index (χ4n) is 3.25. The number of nitrogens with one attached hydrogen (secondary N) is 2. The van der Waals surface area contributed by atoms with E-state index >= 15 is 0 Å². The fourth-order valence-corrected chi connectivity index (χ4v) is 3.25. The van der Waals surface area contributed by atoms with E-state index in [4.69, 9.17) is 0 Å². The van der Waals surface area contributed by atoms with Crippen molar-refractivity contribution in [3.8, 4) is 0 Å². The van der Waals surface area contributed by atoms with Gasteiger partial charge in [0.2, 0.25) is 0 Å². The molecule has 3 rings (SSSR count). The molecule has 2 nitrogen and oxygen atoms in total. The highest BCUT2D eigenvalue weighted by atomic mass is 19.4. The van der Waals surface area contributed by atoms with Crippen molar-refractivity contribution in [1.82, 2.24) is 0 Å². The first kappa shape index (κ1) is 13.6. The molecule has 2 atom stereocenters. The van der Waals surface area contributed by atoms with Crippen LogP contribution in [0.25, 0.3) is 0 Å². The van der Waals surface area contributed by atoms with Crippen molar-refractivity contribution in [2.45, 2.75) is 44.3 Å². The lowest BCUT2D eigenvalue weighted by molar-refractivity contribution is -0.137. The molecule has 1 aromatic rings. The van der Waals surface area contributed by atoms with Gasteiger partial charge in [0.05, 0.1) is 16.9 Å². The Morgan fingerprint density at radius 2 is 1.80 bits per heavy atom. The smallest absolute Gasteiger partial charge is 0.383 e. The van der Waals surface area contributed by atoms with Gasteiger partial charge in [-0.1, -0.05) is 19.3 Å². The Balaban J connectivity index is 1.87. The van der Waals surface area contributed by atoms with Gasteiger partial charge in [-0.25, -0.2) is 0 Å². The van der Waals surface area contributed by atoms with E-state index in [2.05, 4.69) is 10.6 Å². The summed E-state index contributed by atoms with van der Waals surface area (Å²) in [5, 5.41) is 6.65. The molecule has 0 spiro atoms. The van der Waals surface area contributed by atoms with Crippen LogP contribution < -0.4 is 10.6 Å². The molecule has 0 bridgehead atoms. The first-order valence-electron chi connectivity index (χ1n) is 7.26. The van der Waals surface area contributed by atoms with Crippen LogP contribution in [0.4, 0.5) is 24.5 Å². The third kappa shape index (κ3) is 2.72. The molecule has 0 radical (unpaired) electrons. The minimum atomic E-state index is -4.28. The van der Waals surface area contributed by atoms with Crippen LogP contribution in [0.2, 0.25) is 0 Å². The SMILES string of the molecule is FC(F)(F)c1ccc2c(c1)NCC1CCCCCC1N2. The maximum Gasteiger partial charge on any atom is 0.416 e. The topological polar surface area (TPSA) is 24.1 Å². The van der Waals surface area contributed by atoms with Gasteiger partial charge in [0.1, 0.15) is 0 Å². The van der Waals surface area contributed by atoms with Crippen LogP contribution in [-0.2, 0) is 6.18 Å². The van der Waals surface area contributed by atoms with Gasteiger partial charge in [-0.3, -0.25) is 0 Å². The van der Waals surface area contributed by atoms with Gasteiger partial charge in [0, 0.05) is 12.6 Å². The second kappa shape index (κ2) is 5.19. The lowest BCUT2D eigenvalue weighted by atomic mass is 9.95. The zero-order valence-electron chi connectivity index (χ0n) is 11.3. The van der Waals surface area contributed by atoms with Gasteiger partial charge in [0.25, 0.3) is 0 Å². The van der Waals surface area contributed by atoms with E-state index in [1.54, 1.807) is 6.07 Å². The molecule has 1 fully saturated rings. The summed E-state index contributed by atoms with van der Waals surface area (Å²) in [5.74, 6) is 0.499. The third-order valence-electron chi connectivity index (χ3n) is 4.40. The van der Waals surface area contributed by atoms with Crippen LogP contribution in [0.15, 0.2) is 18.2 Å². The summed E-state index contributed by atoms with van der Waals surface area (Å²) in [6, 6.07) is 4.30. The molecule has 1 heterocycles. The average molecular weight is 284 g/mol. The van der Waals surface area contributed by atoms with E-state index in [0.29, 0.717) is 17.6 Å². The molecule has 2 N–H and O–H groups in total. The van der Waals surface area contributed by atoms with Crippen molar-refractivity contribution in [2.24, 2.45) is 5.92 Å². The molecule has 1 aromatic carbocycles. The van der Waals surface area contributed by atoms with E-state index in [-0.39, 0.29) is 0 Å². The summed E-state index contributed by atoms with van der Waals surface area (Å²) < 4.78 is 38.3. The van der Waals surface area contributed by atoms with Crippen molar-refractivity contribution in [2.75, 3.05) is 17.2 Å². The number of hydrogen-bond acceptors (Lipinski definition) is 2. The van der Waals surface area contributed by atoms with Crippen LogP contribution in [0.1, 0.15) is 37.7 Å². The van der Waals surface area contributed by atoms with Gasteiger partial charge in [-0.15, -0.1) is 0 Å². The van der Waals surface area contributed by atoms with Crippen molar-refractivity contribution >= 4 is 11.4 Å². The normalized spacial score (nSPS) is 26.4. The number of anilines is 2. The lowest BCUT2D eigenvalue weighted by Crippen LogP contribution is -2.30. The molecule has 5 heteroatoms. The van der Waals surface area contributed by atoms with Crippen LogP contribution >= 0.6 is 0 Å². The molecule has 1 aliphatic carbocycles. The second-order valence-electron chi connectivity index (χ2n) is 5.79. The van der Waals surface area contributed by atoms with Gasteiger partial charge in [-0.05, 0) is 37.0 Å². The first-order valence-corrected chi connectivity index (χ1v) is 7.26. The van der Waals surface area contributed by atoms with Gasteiger partial charge in [-0.2, -0.15) is 13.2 Å². The molecule has 0 saturated heterocycles. The Bertz CT molecular complexity index is 484. The van der Waals surface area contributed by atoms with Gasteiger partial charge < -0.3 is 10.6 Å². The quantitative estimate of drug-likeness (QED) is 0.733. The zero-order valence-corrected chi connectivity index (χ0v) is 11.3. The predicted octanol–water partition coefficient (Wildman–Crippen LogP) is 4.49. The van der Waals surface area contributed by atoms with E-state index in [0.717, 1.165) is 31.1 Å². The van der Waals surface area contributed by atoms with Crippen LogP contribution in [0.3, 0.4) is 0 Å². The summed E-state index contributed by atoms with van der Waals surface area (Å²) in [5.41, 5.74) is 0.785. The molecule has 1 saturated carbocycles. The molecule has 20 heavy (non-hydrogen) atoms. The molecular formula is C15H19F3N2. The summed E-state index contributed by atoms with van der Waals surface area (Å²) in [6.45, 7) is 0.756. The van der Waals surface area contributed by atoms with E-state index in [1.807, 2.05) is 0 Å². The number of halogens is 3. The summed E-state index contributed by atoms with van der Waals surface area (Å²) in [4.78, 5) is 0. The maximum absolute atomic E-state index is 12.8. The Labute approximate surface area is 116 Å². The number of alkyl halides is 3. The molecular weight excluding hydrogens is 265 g/mol. The average Bonchev–Trinajstić information content (AvgIpc) is 2.69. The molecule has 110 valence electrons. The Morgan fingerprint density at radius 3 is 2.60 bits per heavy atom. The highest BCUT2D eigenvalue weighted by molar-refractivity contribution is 5.71. The molecule has 2 unspecified atom stereocenters. The van der Waals surface area contributed by atoms with Crippen molar-refractivity contribution < 1.29 is 13.2 Å². The van der Waals surface area contributed by atoms with Crippen molar-refractivity contribution in [3.05, 3.63) is 23.8 Å². The minimum absolute atomic E-state index is 0.378. The zero-order chi connectivity index (χ0) is 14.2. The summed E-state index contributed by atoms with van der Waals surface area (Å²) in [7, 11) is 0. The van der Waals surface area contributed by atoms with Crippen LogP contribution in [-0.4, -0.2) is 12.6 Å². The lowest BCUT2D eigenvalue weighted by Gasteiger charge is -2.23. The second-order valence-corrected chi connectivity index (χ2v) is 5.79. The van der Waals surface area contributed by atoms with E-state index in [9.17, 15) is 13.2 Å². The van der Waals surface area contributed by atoms with Crippen LogP contribution in [0.5, 0.6) is 0 Å². The van der Waals surface area contributed by atoms with Gasteiger partial charge in [0.15, 0.2) is 0 Å². The molecule has 0 aromatic heterocycles. The summed E-state index contributed by atoms with van der Waals surface area (Å²) in [6.07, 6.45) is 1.64. The third-order valence-corrected chi connectivity index (χ3v) is 4.40. The number of rotatable bonds is 0. The van der Waals surface area contributed by atoms with Gasteiger partial charge >= 0.3 is 6.18 Å². The van der Waals surface area contributed by atoms with E-state index < -0.39 is 11.7 Å². The highest BCUT2D eigenvalue weighted by Crippen LogP contribution is 2.37. The molecule has 2 aliphatic rings. The van der Waals surface area contributed by atoms with Crippen LogP contribution in [0, 0.1) is 5.92 Å². The number of benzene rings is 1. The highest BCUT2D eigenvalue weighted by Gasteiger charge is 2.32. The monoisotopic (exact) mass is 284 g/mol. The van der Waals surface area contributed by atoms with E-state index in [1.165, 1.54) is 25.3 Å². The van der Waals surface area contributed by atoms with Crippen molar-refractivity contribution in [3.63, 3.8) is 0 Å². The maximum atomic E-state index is 12.8. The number of hydrogen-bond donors (Lipinski definition) is 2. The van der Waals surface area contributed by atoms with Crippen molar-refractivity contribution in [1.29, 1.82) is 0 Å². The summed E-state index contributed by atoms with van der Waals surface area (Å²) >= 11 is 0. The first-order chi connectivity index (χ1) is 9.54. The molecule has 1 aliphatic heterocycles. The fraction of sp³-hybridized carbons (Fsp3) is 0.600. The molecule has 0 amide bonds. The minimum Gasteiger partial charge on any atom is -0.383 e. The Kier molecular flexibility index (Phi) is 3.52. The Hall–Kier alpha value is -1.39. The predicted molar refractivity (Wildman–Crippen MR) is 73.9 cm³/mol. The standard InChI is InChI=1S/C15H19F3N2/c16-15(17,18)11-6-7-13-14(8-11)19-9-10-4-2-1-3-5-12(10)20-13/h6-8,10,12,19-20H,1-5,9H2. The number of fused-ring (bicyclic) bond motifs is 2. The Morgan fingerprint density at radius 1 is 1.00 bits per heavy atom.